The maximum Gasteiger partial charge on any atom is 0.239 e. The zero-order chi connectivity index (χ0) is 11.6. The quantitative estimate of drug-likeness (QED) is 0.735. The van der Waals surface area contributed by atoms with Gasteiger partial charge in [-0.3, -0.25) is 4.79 Å². The fourth-order valence-electron chi connectivity index (χ4n) is 2.24. The number of hydrogen-bond acceptors (Lipinski definition) is 3. The van der Waals surface area contributed by atoms with E-state index in [1.54, 1.807) is 0 Å². The minimum absolute atomic E-state index is 0.0895. The highest BCUT2D eigenvalue weighted by molar-refractivity contribution is 5.82. The van der Waals surface area contributed by atoms with Crippen LogP contribution in [0.25, 0.3) is 0 Å². The number of amides is 1. The van der Waals surface area contributed by atoms with Gasteiger partial charge in [-0.05, 0) is 24.2 Å². The lowest BCUT2D eigenvalue weighted by Crippen LogP contribution is -2.52. The van der Waals surface area contributed by atoms with Gasteiger partial charge in [0.2, 0.25) is 5.91 Å². The van der Waals surface area contributed by atoms with Crippen molar-refractivity contribution < 1.29 is 9.53 Å². The van der Waals surface area contributed by atoms with Gasteiger partial charge in [-0.25, -0.2) is 0 Å². The highest BCUT2D eigenvalue weighted by atomic mass is 16.5. The lowest BCUT2D eigenvalue weighted by molar-refractivity contribution is -0.126. The van der Waals surface area contributed by atoms with E-state index in [-0.39, 0.29) is 11.9 Å². The molecular formula is C12H22N2O2. The fourth-order valence-corrected chi connectivity index (χ4v) is 2.24. The molecule has 1 aliphatic heterocycles. The zero-order valence-electron chi connectivity index (χ0n) is 10.2. The summed E-state index contributed by atoms with van der Waals surface area (Å²) in [5, 5.41) is 6.22. The van der Waals surface area contributed by atoms with E-state index in [4.69, 9.17) is 4.74 Å². The van der Waals surface area contributed by atoms with Gasteiger partial charge < -0.3 is 15.4 Å². The van der Waals surface area contributed by atoms with E-state index in [1.165, 1.54) is 12.8 Å². The second kappa shape index (κ2) is 4.72. The smallest absolute Gasteiger partial charge is 0.239 e. The van der Waals surface area contributed by atoms with Crippen LogP contribution in [0.1, 0.15) is 26.7 Å². The molecule has 4 nitrogen and oxygen atoms in total. The van der Waals surface area contributed by atoms with Gasteiger partial charge in [0.15, 0.2) is 0 Å². The Morgan fingerprint density at radius 3 is 2.81 bits per heavy atom. The molecule has 16 heavy (non-hydrogen) atoms. The molecule has 1 aliphatic carbocycles. The number of carbonyl (C=O) groups excluding carboxylic acids is 1. The molecule has 0 aromatic heterocycles. The van der Waals surface area contributed by atoms with Crippen LogP contribution < -0.4 is 10.6 Å². The number of carbonyl (C=O) groups is 1. The highest BCUT2D eigenvalue weighted by Gasteiger charge is 2.45. The molecule has 1 heterocycles. The maximum atomic E-state index is 11.8. The van der Waals surface area contributed by atoms with Gasteiger partial charge in [-0.15, -0.1) is 0 Å². The summed E-state index contributed by atoms with van der Waals surface area (Å²) in [6.45, 7) is 7.28. The summed E-state index contributed by atoms with van der Waals surface area (Å²) in [4.78, 5) is 11.8. The number of morpholine rings is 1. The molecule has 1 amide bonds. The van der Waals surface area contributed by atoms with Crippen molar-refractivity contribution >= 4 is 5.91 Å². The van der Waals surface area contributed by atoms with Crippen LogP contribution in [0.3, 0.4) is 0 Å². The first kappa shape index (κ1) is 11.9. The second-order valence-corrected chi connectivity index (χ2v) is 5.32. The third-order valence-corrected chi connectivity index (χ3v) is 3.97. The molecule has 1 saturated carbocycles. The Labute approximate surface area is 97.1 Å². The lowest BCUT2D eigenvalue weighted by atomic mass is 9.92. The van der Waals surface area contributed by atoms with Crippen LogP contribution in [0.15, 0.2) is 0 Å². The topological polar surface area (TPSA) is 50.4 Å². The average Bonchev–Trinajstić information content (AvgIpc) is 3.08. The summed E-state index contributed by atoms with van der Waals surface area (Å²) in [7, 11) is 0. The van der Waals surface area contributed by atoms with Gasteiger partial charge in [0, 0.05) is 13.1 Å². The van der Waals surface area contributed by atoms with Crippen molar-refractivity contribution in [1.82, 2.24) is 10.6 Å². The minimum atomic E-state index is -0.156. The third-order valence-electron chi connectivity index (χ3n) is 3.97. The second-order valence-electron chi connectivity index (χ2n) is 5.32. The molecule has 0 aromatic rings. The minimum Gasteiger partial charge on any atom is -0.378 e. The van der Waals surface area contributed by atoms with E-state index in [9.17, 15) is 4.79 Å². The maximum absolute atomic E-state index is 11.8. The normalized spacial score (nSPS) is 27.8. The Morgan fingerprint density at radius 2 is 2.31 bits per heavy atom. The third kappa shape index (κ3) is 2.55. The molecule has 1 saturated heterocycles. The van der Waals surface area contributed by atoms with Crippen molar-refractivity contribution in [2.75, 3.05) is 26.3 Å². The first-order valence-electron chi connectivity index (χ1n) is 6.23. The first-order chi connectivity index (χ1) is 7.64. The lowest BCUT2D eigenvalue weighted by Gasteiger charge is -2.25. The summed E-state index contributed by atoms with van der Waals surface area (Å²) >= 11 is 0. The molecular weight excluding hydrogens is 204 g/mol. The molecule has 0 aromatic carbocycles. The summed E-state index contributed by atoms with van der Waals surface area (Å²) in [5.74, 6) is 0.745. The Kier molecular flexibility index (Phi) is 3.50. The highest BCUT2D eigenvalue weighted by Crippen LogP contribution is 2.51. The number of hydrogen-bond donors (Lipinski definition) is 2. The Balaban J connectivity index is 1.75. The van der Waals surface area contributed by atoms with Gasteiger partial charge >= 0.3 is 0 Å². The van der Waals surface area contributed by atoms with E-state index in [0.717, 1.165) is 13.1 Å². The van der Waals surface area contributed by atoms with Gasteiger partial charge in [0.25, 0.3) is 0 Å². The van der Waals surface area contributed by atoms with Gasteiger partial charge in [0.05, 0.1) is 13.2 Å². The van der Waals surface area contributed by atoms with Gasteiger partial charge in [0.1, 0.15) is 6.04 Å². The monoisotopic (exact) mass is 226 g/mol. The number of ether oxygens (including phenoxy) is 1. The van der Waals surface area contributed by atoms with Crippen LogP contribution in [0, 0.1) is 11.3 Å². The van der Waals surface area contributed by atoms with Crippen molar-refractivity contribution in [3.8, 4) is 0 Å². The van der Waals surface area contributed by atoms with Crippen LogP contribution in [0.4, 0.5) is 0 Å². The van der Waals surface area contributed by atoms with Crippen LogP contribution in [0.2, 0.25) is 0 Å². The van der Waals surface area contributed by atoms with Crippen molar-refractivity contribution in [3.05, 3.63) is 0 Å². The summed E-state index contributed by atoms with van der Waals surface area (Å²) < 4.78 is 5.27. The van der Waals surface area contributed by atoms with Crippen molar-refractivity contribution in [1.29, 1.82) is 0 Å². The van der Waals surface area contributed by atoms with Crippen LogP contribution >= 0.6 is 0 Å². The SMILES string of the molecule is CC(C)C1(CNC(=O)C2COCCN2)CC1. The Morgan fingerprint density at radius 1 is 1.56 bits per heavy atom. The number of rotatable bonds is 4. The Hall–Kier alpha value is -0.610. The predicted octanol–water partition coefficient (Wildman–Crippen LogP) is 0.527. The van der Waals surface area contributed by atoms with Gasteiger partial charge in [-0.1, -0.05) is 13.8 Å². The molecule has 0 radical (unpaired) electrons. The standard InChI is InChI=1S/C12H22N2O2/c1-9(2)12(3-4-12)8-14-11(15)10-7-16-6-5-13-10/h9-10,13H,3-8H2,1-2H3,(H,14,15). The molecule has 2 rings (SSSR count). The molecule has 0 spiro atoms. The average molecular weight is 226 g/mol. The zero-order valence-corrected chi connectivity index (χ0v) is 10.2. The molecule has 2 aliphatic rings. The molecule has 1 unspecified atom stereocenters. The van der Waals surface area contributed by atoms with Crippen molar-refractivity contribution in [2.45, 2.75) is 32.7 Å². The first-order valence-corrected chi connectivity index (χ1v) is 6.23. The largest absolute Gasteiger partial charge is 0.378 e. The predicted molar refractivity (Wildman–Crippen MR) is 62.1 cm³/mol. The Bertz CT molecular complexity index is 256. The van der Waals surface area contributed by atoms with E-state index in [1.807, 2.05) is 0 Å². The van der Waals surface area contributed by atoms with Crippen molar-refractivity contribution in [2.24, 2.45) is 11.3 Å². The van der Waals surface area contributed by atoms with E-state index < -0.39 is 0 Å². The van der Waals surface area contributed by atoms with E-state index in [0.29, 0.717) is 24.5 Å². The summed E-state index contributed by atoms with van der Waals surface area (Å²) in [5.41, 5.74) is 0.380. The molecule has 4 heteroatoms. The molecule has 2 N–H and O–H groups in total. The molecule has 0 bridgehead atoms. The van der Waals surface area contributed by atoms with Crippen molar-refractivity contribution in [3.63, 3.8) is 0 Å². The van der Waals surface area contributed by atoms with Crippen LogP contribution in [0.5, 0.6) is 0 Å². The number of nitrogens with one attached hydrogen (secondary N) is 2. The molecule has 92 valence electrons. The van der Waals surface area contributed by atoms with E-state index in [2.05, 4.69) is 24.5 Å². The van der Waals surface area contributed by atoms with Crippen LogP contribution in [-0.2, 0) is 9.53 Å². The molecule has 1 atom stereocenters. The van der Waals surface area contributed by atoms with Gasteiger partial charge in [-0.2, -0.15) is 0 Å². The fraction of sp³-hybridized carbons (Fsp3) is 0.917. The summed E-state index contributed by atoms with van der Waals surface area (Å²) in [6.07, 6.45) is 2.50. The van der Waals surface area contributed by atoms with Crippen LogP contribution in [-0.4, -0.2) is 38.3 Å². The summed E-state index contributed by atoms with van der Waals surface area (Å²) in [6, 6.07) is -0.156. The molecule has 2 fully saturated rings. The van der Waals surface area contributed by atoms with E-state index >= 15 is 0 Å².